The van der Waals surface area contributed by atoms with Crippen molar-refractivity contribution in [1.29, 1.82) is 0 Å². The summed E-state index contributed by atoms with van der Waals surface area (Å²) in [6.07, 6.45) is -0.261. The van der Waals surface area contributed by atoms with Gasteiger partial charge in [0.25, 0.3) is 0 Å². The van der Waals surface area contributed by atoms with Crippen molar-refractivity contribution in [1.82, 2.24) is 19.9 Å². The molecule has 158 valence electrons. The van der Waals surface area contributed by atoms with Crippen molar-refractivity contribution in [2.45, 2.75) is 32.0 Å². The van der Waals surface area contributed by atoms with Crippen LogP contribution in [-0.4, -0.2) is 51.5 Å². The Bertz CT molecular complexity index is 924. The van der Waals surface area contributed by atoms with Gasteiger partial charge < -0.3 is 15.4 Å². The molecule has 0 fully saturated rings. The number of carbonyl (C=O) groups is 2. The number of fused-ring (bicyclic) bond motifs is 1. The molecule has 0 aliphatic carbocycles. The minimum Gasteiger partial charge on any atom is -0.464 e. The fourth-order valence-electron chi connectivity index (χ4n) is 3.04. The topological polar surface area (TPSA) is 103 Å². The average Bonchev–Trinajstić information content (AvgIpc) is 3.08. The number of methoxy groups -OCH3 is 1. The molecule has 1 aliphatic rings. The maximum atomic E-state index is 13.7. The number of ether oxygens (including phenoxy) is 1. The molecular weight excluding hydrogens is 415 g/mol. The van der Waals surface area contributed by atoms with E-state index in [0.717, 1.165) is 6.07 Å². The first-order valence-corrected chi connectivity index (χ1v) is 8.47. The number of nitrogens with two attached hydrogens (primary N) is 1. The van der Waals surface area contributed by atoms with Gasteiger partial charge >= 0.3 is 5.97 Å². The number of halogens is 4. The van der Waals surface area contributed by atoms with Crippen LogP contribution in [0.2, 0.25) is 0 Å². The Kier molecular flexibility index (Phi) is 7.20. The molecule has 0 unspecified atom stereocenters. The van der Waals surface area contributed by atoms with E-state index in [9.17, 15) is 22.8 Å². The Hall–Kier alpha value is -2.66. The maximum absolute atomic E-state index is 13.7. The van der Waals surface area contributed by atoms with Crippen molar-refractivity contribution in [3.05, 3.63) is 46.5 Å². The van der Waals surface area contributed by atoms with E-state index in [1.165, 1.54) is 16.7 Å². The van der Waals surface area contributed by atoms with E-state index in [4.69, 9.17) is 5.73 Å². The number of benzene rings is 1. The lowest BCUT2D eigenvalue weighted by molar-refractivity contribution is -0.133. The molecular formula is C17H19ClF3N5O3. The third kappa shape index (κ3) is 4.85. The fraction of sp³-hybridized carbons (Fsp3) is 0.412. The lowest BCUT2D eigenvalue weighted by atomic mass is 10.0. The molecule has 12 heteroatoms. The summed E-state index contributed by atoms with van der Waals surface area (Å²) in [5.74, 6) is -4.36. The molecule has 0 bridgehead atoms. The first kappa shape index (κ1) is 22.6. The molecule has 1 aliphatic heterocycles. The summed E-state index contributed by atoms with van der Waals surface area (Å²) in [5.41, 5.74) is 6.29. The zero-order chi connectivity index (χ0) is 20.4. The van der Waals surface area contributed by atoms with Gasteiger partial charge in [-0.2, -0.15) is 0 Å². The predicted molar refractivity (Wildman–Crippen MR) is 96.6 cm³/mol. The number of hydrogen-bond acceptors (Lipinski definition) is 6. The van der Waals surface area contributed by atoms with Crippen LogP contribution in [0.15, 0.2) is 12.1 Å². The minimum absolute atomic E-state index is 0. The Morgan fingerprint density at radius 3 is 2.59 bits per heavy atom. The molecule has 3 rings (SSSR count). The zero-order valence-electron chi connectivity index (χ0n) is 15.4. The van der Waals surface area contributed by atoms with Crippen LogP contribution < -0.4 is 5.73 Å². The molecule has 8 nitrogen and oxygen atoms in total. The molecule has 2 N–H and O–H groups in total. The fourth-order valence-corrected chi connectivity index (χ4v) is 3.04. The van der Waals surface area contributed by atoms with Crippen molar-refractivity contribution in [2.24, 2.45) is 5.73 Å². The molecule has 2 heterocycles. The molecule has 0 saturated heterocycles. The first-order valence-electron chi connectivity index (χ1n) is 8.47. The van der Waals surface area contributed by atoms with Crippen molar-refractivity contribution in [2.75, 3.05) is 13.7 Å². The van der Waals surface area contributed by atoms with Crippen LogP contribution in [0.1, 0.15) is 28.2 Å². The van der Waals surface area contributed by atoms with Crippen molar-refractivity contribution < 1.29 is 27.5 Å². The highest BCUT2D eigenvalue weighted by molar-refractivity contribution is 5.88. The quantitative estimate of drug-likeness (QED) is 0.561. The van der Waals surface area contributed by atoms with E-state index in [1.807, 2.05) is 0 Å². The van der Waals surface area contributed by atoms with Gasteiger partial charge in [0.15, 0.2) is 17.3 Å². The van der Waals surface area contributed by atoms with Gasteiger partial charge in [-0.1, -0.05) is 5.21 Å². The van der Waals surface area contributed by atoms with Gasteiger partial charge in [-0.15, -0.1) is 17.5 Å². The summed E-state index contributed by atoms with van der Waals surface area (Å²) in [6.45, 7) is 0.780. The lowest BCUT2D eigenvalue weighted by Gasteiger charge is -2.28. The van der Waals surface area contributed by atoms with Crippen LogP contribution in [-0.2, 0) is 29.0 Å². The third-order valence-corrected chi connectivity index (χ3v) is 4.50. The Labute approximate surface area is 170 Å². The first-order chi connectivity index (χ1) is 13.3. The van der Waals surface area contributed by atoms with Crippen LogP contribution in [0, 0.1) is 17.5 Å². The van der Waals surface area contributed by atoms with Crippen molar-refractivity contribution >= 4 is 24.3 Å². The molecule has 0 saturated carbocycles. The molecule has 1 amide bonds. The van der Waals surface area contributed by atoms with Gasteiger partial charge in [-0.05, 0) is 18.1 Å². The van der Waals surface area contributed by atoms with Gasteiger partial charge in [0.2, 0.25) is 5.91 Å². The van der Waals surface area contributed by atoms with Gasteiger partial charge in [-0.25, -0.2) is 22.6 Å². The Balaban J connectivity index is 0.00000300. The summed E-state index contributed by atoms with van der Waals surface area (Å²) in [5, 5.41) is 7.63. The molecule has 1 atom stereocenters. The largest absolute Gasteiger partial charge is 0.464 e. The third-order valence-electron chi connectivity index (χ3n) is 4.50. The normalized spacial score (nSPS) is 14.0. The van der Waals surface area contributed by atoms with Crippen LogP contribution in [0.25, 0.3) is 0 Å². The number of rotatable bonds is 5. The summed E-state index contributed by atoms with van der Waals surface area (Å²) in [6, 6.07) is 0.395. The predicted octanol–water partition coefficient (Wildman–Crippen LogP) is 1.21. The van der Waals surface area contributed by atoms with E-state index >= 15 is 0 Å². The molecule has 2 aromatic rings. The standard InChI is InChI=1S/C17H18F3N5O3.ClH/c1-28-17(27)16-14-8-24(2-3-25(14)23-22-16)15(26)6-10(21)4-9-5-12(19)13(20)7-11(9)18;/h5,7,10H,2-4,6,8,21H2,1H3;1H/t10-;/m1./s1. The van der Waals surface area contributed by atoms with E-state index in [0.29, 0.717) is 24.8 Å². The van der Waals surface area contributed by atoms with E-state index < -0.39 is 29.5 Å². The zero-order valence-corrected chi connectivity index (χ0v) is 16.2. The number of esters is 1. The van der Waals surface area contributed by atoms with Crippen LogP contribution in [0.3, 0.4) is 0 Å². The molecule has 1 aromatic heterocycles. The summed E-state index contributed by atoms with van der Waals surface area (Å²) >= 11 is 0. The number of amides is 1. The van der Waals surface area contributed by atoms with Crippen LogP contribution >= 0.6 is 12.4 Å². The Morgan fingerprint density at radius 1 is 1.21 bits per heavy atom. The monoisotopic (exact) mass is 433 g/mol. The second-order valence-corrected chi connectivity index (χ2v) is 6.44. The van der Waals surface area contributed by atoms with Crippen LogP contribution in [0.5, 0.6) is 0 Å². The summed E-state index contributed by atoms with van der Waals surface area (Å²) in [4.78, 5) is 25.8. The number of carbonyl (C=O) groups excluding carboxylic acids is 2. The SMILES string of the molecule is COC(=O)c1nnn2c1CN(C(=O)C[C@H](N)Cc1cc(F)c(F)cc1F)CC2.Cl. The molecule has 0 radical (unpaired) electrons. The van der Waals surface area contributed by atoms with Crippen LogP contribution in [0.4, 0.5) is 13.2 Å². The second-order valence-electron chi connectivity index (χ2n) is 6.44. The molecule has 1 aromatic carbocycles. The Morgan fingerprint density at radius 2 is 1.90 bits per heavy atom. The van der Waals surface area contributed by atoms with Gasteiger partial charge in [0, 0.05) is 25.1 Å². The number of hydrogen-bond donors (Lipinski definition) is 1. The van der Waals surface area contributed by atoms with Gasteiger partial charge in [0.1, 0.15) is 5.82 Å². The van der Waals surface area contributed by atoms with Crippen molar-refractivity contribution in [3.8, 4) is 0 Å². The lowest BCUT2D eigenvalue weighted by Crippen LogP contribution is -2.41. The summed E-state index contributed by atoms with van der Waals surface area (Å²) < 4.78 is 46.2. The van der Waals surface area contributed by atoms with E-state index in [2.05, 4.69) is 15.0 Å². The minimum atomic E-state index is -1.29. The average molecular weight is 434 g/mol. The molecule has 0 spiro atoms. The molecule has 29 heavy (non-hydrogen) atoms. The maximum Gasteiger partial charge on any atom is 0.360 e. The number of nitrogens with zero attached hydrogens (tertiary/aromatic N) is 4. The summed E-state index contributed by atoms with van der Waals surface area (Å²) in [7, 11) is 1.22. The highest BCUT2D eigenvalue weighted by atomic mass is 35.5. The van der Waals surface area contributed by atoms with Gasteiger partial charge in [-0.3, -0.25) is 4.79 Å². The number of aromatic nitrogens is 3. The smallest absolute Gasteiger partial charge is 0.360 e. The van der Waals surface area contributed by atoms with E-state index in [-0.39, 0.29) is 49.0 Å². The highest BCUT2D eigenvalue weighted by Crippen LogP contribution is 2.19. The van der Waals surface area contributed by atoms with Gasteiger partial charge in [0.05, 0.1) is 25.9 Å². The van der Waals surface area contributed by atoms with E-state index in [1.54, 1.807) is 0 Å². The highest BCUT2D eigenvalue weighted by Gasteiger charge is 2.29. The van der Waals surface area contributed by atoms with Crippen molar-refractivity contribution in [3.63, 3.8) is 0 Å². The second kappa shape index (κ2) is 9.23.